The molecule has 1 heteroatoms. The van der Waals surface area contributed by atoms with Crippen molar-refractivity contribution in [1.29, 1.82) is 0 Å². The predicted octanol–water partition coefficient (Wildman–Crippen LogP) is 16.3. The molecule has 0 N–H and O–H groups in total. The van der Waals surface area contributed by atoms with E-state index in [4.69, 9.17) is 0 Å². The second kappa shape index (κ2) is 13.9. The van der Waals surface area contributed by atoms with Gasteiger partial charge in [-0.1, -0.05) is 164 Å². The lowest BCUT2D eigenvalue weighted by Gasteiger charge is -2.21. The van der Waals surface area contributed by atoms with Gasteiger partial charge in [-0.3, -0.25) is 4.98 Å². The Bertz CT molecular complexity index is 3650. The van der Waals surface area contributed by atoms with Crippen LogP contribution in [0.2, 0.25) is 0 Å². The smallest absolute Gasteiger partial charge is 0.0346 e. The quantitative estimate of drug-likeness (QED) is 0.126. The Morgan fingerprint density at radius 2 is 0.700 bits per heavy atom. The van der Waals surface area contributed by atoms with Crippen molar-refractivity contribution >= 4 is 64.6 Å². The summed E-state index contributed by atoms with van der Waals surface area (Å²) in [5, 5.41) is 14.8. The van der Waals surface area contributed by atoms with Gasteiger partial charge in [0.05, 0.1) is 0 Å². The Hall–Kier alpha value is -7.87. The molecule has 0 fully saturated rings. The largest absolute Gasteiger partial charge is 0.264 e. The Kier molecular flexibility index (Phi) is 7.92. The van der Waals surface area contributed by atoms with Gasteiger partial charge < -0.3 is 0 Å². The molecular formula is C59H37N. The lowest BCUT2D eigenvalue weighted by atomic mass is 9.82. The average molecular weight is 760 g/mol. The van der Waals surface area contributed by atoms with Crippen molar-refractivity contribution in [2.24, 2.45) is 0 Å². The van der Waals surface area contributed by atoms with Crippen LogP contribution in [0, 0.1) is 0 Å². The number of nitrogens with zero attached hydrogens (tertiary/aromatic N) is 1. The fourth-order valence-corrected chi connectivity index (χ4v) is 9.60. The average Bonchev–Trinajstić information content (AvgIpc) is 3.32. The summed E-state index contributed by atoms with van der Waals surface area (Å²) < 4.78 is 0. The lowest BCUT2D eigenvalue weighted by molar-refractivity contribution is 1.33. The van der Waals surface area contributed by atoms with Crippen LogP contribution in [0.4, 0.5) is 0 Å². The first-order chi connectivity index (χ1) is 29.7. The van der Waals surface area contributed by atoms with Crippen molar-refractivity contribution < 1.29 is 0 Å². The van der Waals surface area contributed by atoms with Crippen LogP contribution < -0.4 is 0 Å². The van der Waals surface area contributed by atoms with Gasteiger partial charge in [-0.15, -0.1) is 0 Å². The molecule has 0 radical (unpaired) electrons. The molecule has 11 aromatic carbocycles. The third-order valence-electron chi connectivity index (χ3n) is 12.4. The molecule has 0 bridgehead atoms. The Balaban J connectivity index is 1.19. The van der Waals surface area contributed by atoms with Gasteiger partial charge >= 0.3 is 0 Å². The van der Waals surface area contributed by atoms with Crippen LogP contribution in [-0.4, -0.2) is 4.98 Å². The summed E-state index contributed by atoms with van der Waals surface area (Å²) in [6.07, 6.45) is 3.85. The first-order valence-corrected chi connectivity index (χ1v) is 20.7. The lowest BCUT2D eigenvalue weighted by Crippen LogP contribution is -1.93. The Labute approximate surface area is 348 Å². The van der Waals surface area contributed by atoms with Gasteiger partial charge in [0, 0.05) is 18.0 Å². The summed E-state index contributed by atoms with van der Waals surface area (Å²) in [6.45, 7) is 0. The molecule has 0 aliphatic heterocycles. The topological polar surface area (TPSA) is 12.9 Å². The van der Waals surface area contributed by atoms with Crippen LogP contribution >= 0.6 is 0 Å². The first kappa shape index (κ1) is 34.2. The molecule has 0 unspecified atom stereocenters. The van der Waals surface area contributed by atoms with Crippen molar-refractivity contribution in [2.45, 2.75) is 0 Å². The highest BCUT2D eigenvalue weighted by Gasteiger charge is 2.20. The zero-order valence-corrected chi connectivity index (χ0v) is 32.8. The highest BCUT2D eigenvalue weighted by Crippen LogP contribution is 2.48. The molecule has 0 saturated carbocycles. The second-order valence-electron chi connectivity index (χ2n) is 15.9. The number of benzene rings is 11. The molecular weight excluding hydrogens is 723 g/mol. The molecule has 0 aliphatic rings. The maximum atomic E-state index is 4.58. The maximum Gasteiger partial charge on any atom is 0.0346 e. The Morgan fingerprint density at radius 3 is 1.27 bits per heavy atom. The number of fused-ring (bicyclic) bond motifs is 7. The summed E-state index contributed by atoms with van der Waals surface area (Å²) in [4.78, 5) is 4.58. The highest BCUT2D eigenvalue weighted by molar-refractivity contribution is 6.27. The number of hydrogen-bond donors (Lipinski definition) is 0. The van der Waals surface area contributed by atoms with Crippen molar-refractivity contribution in [1.82, 2.24) is 4.98 Å². The minimum Gasteiger partial charge on any atom is -0.264 e. The predicted molar refractivity (Wildman–Crippen MR) is 256 cm³/mol. The normalized spacial score (nSPS) is 11.7. The van der Waals surface area contributed by atoms with Gasteiger partial charge in [-0.25, -0.2) is 0 Å². The van der Waals surface area contributed by atoms with Crippen molar-refractivity contribution in [3.8, 4) is 55.6 Å². The van der Waals surface area contributed by atoms with E-state index in [1.807, 2.05) is 18.5 Å². The van der Waals surface area contributed by atoms with Crippen LogP contribution in [0.15, 0.2) is 225 Å². The monoisotopic (exact) mass is 759 g/mol. The van der Waals surface area contributed by atoms with Crippen LogP contribution in [0.25, 0.3) is 120 Å². The molecule has 0 aliphatic carbocycles. The summed E-state index contributed by atoms with van der Waals surface area (Å²) in [5.41, 5.74) is 12.0. The van der Waals surface area contributed by atoms with Crippen molar-refractivity contribution in [3.63, 3.8) is 0 Å². The van der Waals surface area contributed by atoms with Crippen molar-refractivity contribution in [3.05, 3.63) is 225 Å². The molecule has 1 heterocycles. The van der Waals surface area contributed by atoms with Gasteiger partial charge in [0.15, 0.2) is 0 Å². The van der Waals surface area contributed by atoms with Crippen molar-refractivity contribution in [2.75, 3.05) is 0 Å². The van der Waals surface area contributed by atoms with E-state index < -0.39 is 0 Å². The van der Waals surface area contributed by atoms with E-state index in [9.17, 15) is 0 Å². The molecule has 0 spiro atoms. The van der Waals surface area contributed by atoms with Crippen LogP contribution in [0.5, 0.6) is 0 Å². The van der Waals surface area contributed by atoms with Gasteiger partial charge in [-0.05, 0) is 163 Å². The number of hydrogen-bond acceptors (Lipinski definition) is 1. The standard InChI is InChI=1S/C59H37N/c1-3-14-40-30-44(27-25-38(40)12-1)42-17-9-19-47(32-42)58-51-23-7-8-24-52(51)59(48-20-10-18-43(33-48)45-28-26-39-13-2-4-15-41(39)31-45)57-36-55-53(49-21-11-29-60-37-49)34-46-16-5-6-22-50(46)54(55)35-56(57)58/h1-37H. The second-order valence-corrected chi connectivity index (χ2v) is 15.9. The molecule has 0 amide bonds. The fourth-order valence-electron chi connectivity index (χ4n) is 9.60. The third kappa shape index (κ3) is 5.67. The molecule has 278 valence electrons. The molecule has 0 atom stereocenters. The summed E-state index contributed by atoms with van der Waals surface area (Å²) >= 11 is 0. The van der Waals surface area contributed by atoms with E-state index >= 15 is 0 Å². The third-order valence-corrected chi connectivity index (χ3v) is 12.4. The number of aromatic nitrogens is 1. The van der Waals surface area contributed by atoms with Gasteiger partial charge in [0.1, 0.15) is 0 Å². The SMILES string of the molecule is c1cc(-c2ccc3ccccc3c2)cc(-c2c3ccccc3c(-c3cccc(-c4ccc5ccccc5c4)c3)c3cc4c(cc23)c(-c2cccnc2)cc2ccccc24)c1. The summed E-state index contributed by atoms with van der Waals surface area (Å²) in [6, 6.07) is 78.4. The summed E-state index contributed by atoms with van der Waals surface area (Å²) in [7, 11) is 0. The maximum absolute atomic E-state index is 4.58. The van der Waals surface area contributed by atoms with E-state index in [0.29, 0.717) is 0 Å². The molecule has 1 aromatic heterocycles. The fraction of sp³-hybridized carbons (Fsp3) is 0. The zero-order chi connectivity index (χ0) is 39.6. The summed E-state index contributed by atoms with van der Waals surface area (Å²) in [5.74, 6) is 0. The molecule has 60 heavy (non-hydrogen) atoms. The van der Waals surface area contributed by atoms with E-state index in [0.717, 1.165) is 5.56 Å². The van der Waals surface area contributed by atoms with Crippen LogP contribution in [-0.2, 0) is 0 Å². The van der Waals surface area contributed by atoms with E-state index in [-0.39, 0.29) is 0 Å². The first-order valence-electron chi connectivity index (χ1n) is 20.7. The highest BCUT2D eigenvalue weighted by atomic mass is 14.6. The van der Waals surface area contributed by atoms with Crippen LogP contribution in [0.1, 0.15) is 0 Å². The van der Waals surface area contributed by atoms with Gasteiger partial charge in [0.2, 0.25) is 0 Å². The van der Waals surface area contributed by atoms with E-state index in [2.05, 4.69) is 211 Å². The van der Waals surface area contributed by atoms with E-state index in [1.54, 1.807) is 0 Å². The molecule has 0 saturated heterocycles. The number of rotatable bonds is 5. The minimum absolute atomic E-state index is 1.11. The minimum atomic E-state index is 1.11. The molecule has 1 nitrogen and oxygen atoms in total. The van der Waals surface area contributed by atoms with Crippen LogP contribution in [0.3, 0.4) is 0 Å². The van der Waals surface area contributed by atoms with Gasteiger partial charge in [-0.2, -0.15) is 0 Å². The zero-order valence-electron chi connectivity index (χ0n) is 32.8. The van der Waals surface area contributed by atoms with E-state index in [1.165, 1.54) is 115 Å². The Morgan fingerprint density at radius 1 is 0.233 bits per heavy atom. The molecule has 12 aromatic rings. The van der Waals surface area contributed by atoms with Gasteiger partial charge in [0.25, 0.3) is 0 Å². The molecule has 12 rings (SSSR count). The number of pyridine rings is 1.